The second-order valence-electron chi connectivity index (χ2n) is 3.31. The third-order valence-electron chi connectivity index (χ3n) is 2.34. The molecular formula is C11H11FN2O. The van der Waals surface area contributed by atoms with E-state index in [2.05, 4.69) is 11.9 Å². The van der Waals surface area contributed by atoms with E-state index in [-0.39, 0.29) is 11.5 Å². The molecule has 2 rings (SSSR count). The minimum atomic E-state index is -0.498. The van der Waals surface area contributed by atoms with Crippen LogP contribution in [0, 0.1) is 5.82 Å². The number of nitrogens with one attached hydrogen (secondary N) is 1. The van der Waals surface area contributed by atoms with E-state index in [4.69, 9.17) is 0 Å². The lowest BCUT2D eigenvalue weighted by atomic mass is 10.2. The third kappa shape index (κ3) is 1.70. The van der Waals surface area contributed by atoms with Crippen LogP contribution >= 0.6 is 0 Å². The Kier molecular flexibility index (Phi) is 2.41. The lowest BCUT2D eigenvalue weighted by molar-refractivity contribution is 0.0822. The van der Waals surface area contributed by atoms with E-state index in [9.17, 15) is 9.18 Å². The molecule has 1 aromatic carbocycles. The Bertz CT molecular complexity index is 417. The number of nitrogens with zero attached hydrogens (tertiary/aromatic N) is 1. The lowest BCUT2D eigenvalue weighted by Crippen LogP contribution is -2.28. The molecular weight excluding hydrogens is 195 g/mol. The van der Waals surface area contributed by atoms with Gasteiger partial charge in [0.2, 0.25) is 0 Å². The van der Waals surface area contributed by atoms with E-state index in [0.29, 0.717) is 18.9 Å². The number of carbonyl (C=O) groups excluding carboxylic acids is 1. The minimum Gasteiger partial charge on any atom is -0.370 e. The molecule has 0 atom stereocenters. The topological polar surface area (TPSA) is 32.3 Å². The maximum atomic E-state index is 13.3. The van der Waals surface area contributed by atoms with Crippen LogP contribution in [0.1, 0.15) is 10.4 Å². The van der Waals surface area contributed by atoms with Crippen LogP contribution in [-0.4, -0.2) is 23.9 Å². The fraction of sp³-hybridized carbons (Fsp3) is 0.182. The SMILES string of the molecule is C=C1NCCN1C(=O)c1ccccc1F. The van der Waals surface area contributed by atoms with Crippen LogP contribution in [0.15, 0.2) is 36.7 Å². The van der Waals surface area contributed by atoms with Gasteiger partial charge >= 0.3 is 0 Å². The molecule has 1 N–H and O–H groups in total. The van der Waals surface area contributed by atoms with Crippen LogP contribution in [0.25, 0.3) is 0 Å². The van der Waals surface area contributed by atoms with Gasteiger partial charge in [0, 0.05) is 13.1 Å². The lowest BCUT2D eigenvalue weighted by Gasteiger charge is -2.15. The van der Waals surface area contributed by atoms with Gasteiger partial charge in [-0.2, -0.15) is 0 Å². The summed E-state index contributed by atoms with van der Waals surface area (Å²) in [6, 6.07) is 5.95. The number of hydrogen-bond acceptors (Lipinski definition) is 2. The molecule has 0 aromatic heterocycles. The summed E-state index contributed by atoms with van der Waals surface area (Å²) in [5.74, 6) is -0.312. The molecule has 1 fully saturated rings. The molecule has 1 aromatic rings. The second-order valence-corrected chi connectivity index (χ2v) is 3.31. The molecule has 0 saturated carbocycles. The zero-order valence-corrected chi connectivity index (χ0v) is 8.16. The number of rotatable bonds is 1. The first-order valence-electron chi connectivity index (χ1n) is 4.69. The van der Waals surface area contributed by atoms with Crippen LogP contribution in [-0.2, 0) is 0 Å². The van der Waals surface area contributed by atoms with Gasteiger partial charge in [-0.25, -0.2) is 4.39 Å². The molecule has 1 heterocycles. The van der Waals surface area contributed by atoms with Crippen LogP contribution in [0.4, 0.5) is 4.39 Å². The summed E-state index contributed by atoms with van der Waals surface area (Å²) in [6.45, 7) is 4.88. The van der Waals surface area contributed by atoms with Crippen molar-refractivity contribution in [3.8, 4) is 0 Å². The maximum Gasteiger partial charge on any atom is 0.262 e. The van der Waals surface area contributed by atoms with Gasteiger partial charge in [0.1, 0.15) is 11.6 Å². The number of amides is 1. The molecule has 0 radical (unpaired) electrons. The Labute approximate surface area is 87.2 Å². The van der Waals surface area contributed by atoms with E-state index in [1.807, 2.05) is 0 Å². The van der Waals surface area contributed by atoms with Crippen LogP contribution < -0.4 is 5.32 Å². The molecule has 3 nitrogen and oxygen atoms in total. The van der Waals surface area contributed by atoms with Gasteiger partial charge in [0.25, 0.3) is 5.91 Å². The minimum absolute atomic E-state index is 0.0855. The van der Waals surface area contributed by atoms with E-state index in [1.54, 1.807) is 12.1 Å². The average Bonchev–Trinajstić information content (AvgIpc) is 2.64. The number of hydrogen-bond donors (Lipinski definition) is 1. The molecule has 1 aliphatic rings. The quantitative estimate of drug-likeness (QED) is 0.752. The van der Waals surface area contributed by atoms with E-state index < -0.39 is 5.82 Å². The van der Waals surface area contributed by atoms with Crippen LogP contribution in [0.2, 0.25) is 0 Å². The highest BCUT2D eigenvalue weighted by Crippen LogP contribution is 2.14. The van der Waals surface area contributed by atoms with Crippen molar-refractivity contribution >= 4 is 5.91 Å². The zero-order chi connectivity index (χ0) is 10.8. The summed E-state index contributed by atoms with van der Waals surface area (Å²) in [7, 11) is 0. The van der Waals surface area contributed by atoms with Gasteiger partial charge < -0.3 is 5.32 Å². The van der Waals surface area contributed by atoms with E-state index in [0.717, 1.165) is 0 Å². The molecule has 1 amide bonds. The zero-order valence-electron chi connectivity index (χ0n) is 8.16. The highest BCUT2D eigenvalue weighted by Gasteiger charge is 2.24. The van der Waals surface area contributed by atoms with Crippen molar-refractivity contribution in [2.45, 2.75) is 0 Å². The molecule has 15 heavy (non-hydrogen) atoms. The smallest absolute Gasteiger partial charge is 0.262 e. The fourth-order valence-electron chi connectivity index (χ4n) is 1.55. The van der Waals surface area contributed by atoms with Gasteiger partial charge in [0.15, 0.2) is 0 Å². The number of halogens is 1. The summed E-state index contributed by atoms with van der Waals surface area (Å²) in [6.07, 6.45) is 0. The summed E-state index contributed by atoms with van der Waals surface area (Å²) < 4.78 is 13.3. The monoisotopic (exact) mass is 206 g/mol. The van der Waals surface area contributed by atoms with Crippen molar-refractivity contribution in [3.63, 3.8) is 0 Å². The van der Waals surface area contributed by atoms with Gasteiger partial charge in [-0.15, -0.1) is 0 Å². The van der Waals surface area contributed by atoms with E-state index >= 15 is 0 Å². The first-order chi connectivity index (χ1) is 7.20. The number of carbonyl (C=O) groups is 1. The van der Waals surface area contributed by atoms with Crippen LogP contribution in [0.5, 0.6) is 0 Å². The standard InChI is InChI=1S/C11H11FN2O/c1-8-13-6-7-14(8)11(15)9-4-2-3-5-10(9)12/h2-5,13H,1,6-7H2. The average molecular weight is 206 g/mol. The van der Waals surface area contributed by atoms with E-state index in [1.165, 1.54) is 17.0 Å². The predicted octanol–water partition coefficient (Wildman–Crippen LogP) is 1.34. The molecule has 78 valence electrons. The van der Waals surface area contributed by atoms with Gasteiger partial charge in [-0.1, -0.05) is 18.7 Å². The Morgan fingerprint density at radius 3 is 2.80 bits per heavy atom. The Morgan fingerprint density at radius 2 is 2.20 bits per heavy atom. The fourth-order valence-corrected chi connectivity index (χ4v) is 1.55. The molecule has 1 saturated heterocycles. The van der Waals surface area contributed by atoms with Gasteiger partial charge in [-0.05, 0) is 12.1 Å². The van der Waals surface area contributed by atoms with Crippen molar-refractivity contribution in [2.24, 2.45) is 0 Å². The highest BCUT2D eigenvalue weighted by molar-refractivity contribution is 5.95. The van der Waals surface area contributed by atoms with Crippen molar-refractivity contribution in [1.29, 1.82) is 0 Å². The summed E-state index contributed by atoms with van der Waals surface area (Å²) in [4.78, 5) is 13.3. The van der Waals surface area contributed by atoms with Crippen molar-refractivity contribution < 1.29 is 9.18 Å². The third-order valence-corrected chi connectivity index (χ3v) is 2.34. The normalized spacial score (nSPS) is 15.3. The van der Waals surface area contributed by atoms with Gasteiger partial charge in [-0.3, -0.25) is 9.69 Å². The predicted molar refractivity (Wildman–Crippen MR) is 54.6 cm³/mol. The summed E-state index contributed by atoms with van der Waals surface area (Å²) in [5, 5.41) is 2.93. The Morgan fingerprint density at radius 1 is 1.47 bits per heavy atom. The first-order valence-corrected chi connectivity index (χ1v) is 4.69. The largest absolute Gasteiger partial charge is 0.370 e. The van der Waals surface area contributed by atoms with Gasteiger partial charge in [0.05, 0.1) is 5.56 Å². The van der Waals surface area contributed by atoms with Crippen LogP contribution in [0.3, 0.4) is 0 Å². The Balaban J connectivity index is 2.28. The molecule has 0 aliphatic carbocycles. The molecule has 4 heteroatoms. The molecule has 0 unspecified atom stereocenters. The number of benzene rings is 1. The molecule has 1 aliphatic heterocycles. The first kappa shape index (κ1) is 9.71. The van der Waals surface area contributed by atoms with Crippen molar-refractivity contribution in [2.75, 3.05) is 13.1 Å². The summed E-state index contributed by atoms with van der Waals surface area (Å²) >= 11 is 0. The second kappa shape index (κ2) is 3.73. The summed E-state index contributed by atoms with van der Waals surface area (Å²) in [5.41, 5.74) is 0.0855. The maximum absolute atomic E-state index is 13.3. The molecule has 0 spiro atoms. The van der Waals surface area contributed by atoms with Crippen molar-refractivity contribution in [3.05, 3.63) is 48.0 Å². The molecule has 0 bridgehead atoms. The Hall–Kier alpha value is -1.84. The van der Waals surface area contributed by atoms with Crippen molar-refractivity contribution in [1.82, 2.24) is 10.2 Å². The highest BCUT2D eigenvalue weighted by atomic mass is 19.1.